The van der Waals surface area contributed by atoms with Gasteiger partial charge in [-0.15, -0.1) is 0 Å². The van der Waals surface area contributed by atoms with Gasteiger partial charge in [0.15, 0.2) is 5.82 Å². The van der Waals surface area contributed by atoms with E-state index in [1.165, 1.54) is 43.0 Å². The normalized spacial score (nSPS) is 26.7. The lowest BCUT2D eigenvalue weighted by Gasteiger charge is -2.01. The SMILES string of the molecule is C1CSC(c2nsc(NC3CC3)n2)C1. The molecular weight excluding hydrogens is 214 g/mol. The molecule has 3 rings (SSSR count). The van der Waals surface area contributed by atoms with E-state index in [1.807, 2.05) is 11.8 Å². The van der Waals surface area contributed by atoms with Gasteiger partial charge in [0.05, 0.1) is 5.25 Å². The van der Waals surface area contributed by atoms with Crippen molar-refractivity contribution in [3.8, 4) is 0 Å². The molecule has 2 fully saturated rings. The standard InChI is InChI=1S/C9H13N3S2/c1-2-7(13-5-1)8-11-9(14-12-8)10-6-3-4-6/h6-7H,1-5H2,(H,10,11,12). The second-order valence-corrected chi connectivity index (χ2v) is 5.94. The third kappa shape index (κ3) is 1.88. The van der Waals surface area contributed by atoms with Gasteiger partial charge in [-0.1, -0.05) is 0 Å². The van der Waals surface area contributed by atoms with E-state index in [0.29, 0.717) is 11.3 Å². The van der Waals surface area contributed by atoms with E-state index in [2.05, 4.69) is 14.7 Å². The van der Waals surface area contributed by atoms with Gasteiger partial charge in [-0.05, 0) is 31.4 Å². The minimum Gasteiger partial charge on any atom is -0.358 e. The second kappa shape index (κ2) is 3.70. The molecule has 1 saturated heterocycles. The molecule has 1 saturated carbocycles. The number of hydrogen-bond donors (Lipinski definition) is 1. The van der Waals surface area contributed by atoms with Gasteiger partial charge in [-0.3, -0.25) is 0 Å². The largest absolute Gasteiger partial charge is 0.358 e. The highest BCUT2D eigenvalue weighted by atomic mass is 32.2. The summed E-state index contributed by atoms with van der Waals surface area (Å²) in [5, 5.41) is 4.99. The summed E-state index contributed by atoms with van der Waals surface area (Å²) in [6, 6.07) is 0.687. The van der Waals surface area contributed by atoms with Crippen LogP contribution in [0.25, 0.3) is 0 Å². The molecule has 1 N–H and O–H groups in total. The number of rotatable bonds is 3. The molecule has 5 heteroatoms. The third-order valence-corrected chi connectivity index (χ3v) is 4.60. The number of thioether (sulfide) groups is 1. The van der Waals surface area contributed by atoms with Crippen LogP contribution in [0.2, 0.25) is 0 Å². The zero-order valence-corrected chi connectivity index (χ0v) is 9.53. The summed E-state index contributed by atoms with van der Waals surface area (Å²) in [7, 11) is 0. The molecular formula is C9H13N3S2. The van der Waals surface area contributed by atoms with Crippen LogP contribution in [0.3, 0.4) is 0 Å². The van der Waals surface area contributed by atoms with Gasteiger partial charge in [0.1, 0.15) is 0 Å². The highest BCUT2D eigenvalue weighted by Gasteiger charge is 2.25. The molecule has 76 valence electrons. The number of anilines is 1. The summed E-state index contributed by atoms with van der Waals surface area (Å²) in [6.45, 7) is 0. The van der Waals surface area contributed by atoms with Crippen LogP contribution in [-0.4, -0.2) is 21.2 Å². The minimum atomic E-state index is 0.570. The van der Waals surface area contributed by atoms with Crippen LogP contribution in [0, 0.1) is 0 Å². The lowest BCUT2D eigenvalue weighted by atomic mass is 10.2. The first-order valence-corrected chi connectivity index (χ1v) is 6.96. The van der Waals surface area contributed by atoms with Crippen LogP contribution in [-0.2, 0) is 0 Å². The minimum absolute atomic E-state index is 0.570. The highest BCUT2D eigenvalue weighted by Crippen LogP contribution is 2.39. The van der Waals surface area contributed by atoms with E-state index in [9.17, 15) is 0 Å². The van der Waals surface area contributed by atoms with Crippen molar-refractivity contribution >= 4 is 28.4 Å². The molecule has 1 aromatic rings. The maximum absolute atomic E-state index is 4.55. The molecule has 2 heterocycles. The van der Waals surface area contributed by atoms with Crippen LogP contribution in [0.1, 0.15) is 36.8 Å². The molecule has 1 aromatic heterocycles. The molecule has 0 bridgehead atoms. The molecule has 3 nitrogen and oxygen atoms in total. The Bertz CT molecular complexity index is 316. The molecule has 0 amide bonds. The Balaban J connectivity index is 1.68. The van der Waals surface area contributed by atoms with Crippen molar-refractivity contribution in [1.29, 1.82) is 0 Å². The molecule has 0 radical (unpaired) electrons. The van der Waals surface area contributed by atoms with Crippen LogP contribution in [0.4, 0.5) is 5.13 Å². The predicted octanol–water partition coefficient (Wildman–Crippen LogP) is 2.68. The summed E-state index contributed by atoms with van der Waals surface area (Å²) < 4.78 is 4.43. The van der Waals surface area contributed by atoms with Crippen LogP contribution in [0.15, 0.2) is 0 Å². The monoisotopic (exact) mass is 227 g/mol. The third-order valence-electron chi connectivity index (χ3n) is 2.56. The first-order chi connectivity index (χ1) is 6.92. The summed E-state index contributed by atoms with van der Waals surface area (Å²) in [4.78, 5) is 4.55. The molecule has 0 aromatic carbocycles. The van der Waals surface area contributed by atoms with Gasteiger partial charge < -0.3 is 5.32 Å². The topological polar surface area (TPSA) is 37.8 Å². The molecule has 14 heavy (non-hydrogen) atoms. The van der Waals surface area contributed by atoms with E-state index in [1.54, 1.807) is 0 Å². The lowest BCUT2D eigenvalue weighted by molar-refractivity contribution is 0.793. The van der Waals surface area contributed by atoms with E-state index in [4.69, 9.17) is 0 Å². The number of nitrogens with zero attached hydrogens (tertiary/aromatic N) is 2. The number of aromatic nitrogens is 2. The summed E-state index contributed by atoms with van der Waals surface area (Å²) in [5.74, 6) is 2.33. The predicted molar refractivity (Wildman–Crippen MR) is 61.0 cm³/mol. The Morgan fingerprint density at radius 3 is 2.93 bits per heavy atom. The first-order valence-electron chi connectivity index (χ1n) is 5.13. The molecule has 1 aliphatic heterocycles. The smallest absolute Gasteiger partial charge is 0.202 e. The highest BCUT2D eigenvalue weighted by molar-refractivity contribution is 7.99. The van der Waals surface area contributed by atoms with Crippen molar-refractivity contribution in [2.75, 3.05) is 11.1 Å². The van der Waals surface area contributed by atoms with Crippen molar-refractivity contribution in [3.05, 3.63) is 5.82 Å². The zero-order chi connectivity index (χ0) is 9.38. The molecule has 2 aliphatic rings. The van der Waals surface area contributed by atoms with Crippen molar-refractivity contribution < 1.29 is 0 Å². The van der Waals surface area contributed by atoms with Gasteiger partial charge in [0.2, 0.25) is 5.13 Å². The van der Waals surface area contributed by atoms with Crippen molar-refractivity contribution in [1.82, 2.24) is 9.36 Å². The Morgan fingerprint density at radius 1 is 1.29 bits per heavy atom. The summed E-state index contributed by atoms with van der Waals surface area (Å²) in [5.41, 5.74) is 0. The van der Waals surface area contributed by atoms with Gasteiger partial charge in [0, 0.05) is 17.6 Å². The summed E-state index contributed by atoms with van der Waals surface area (Å²) >= 11 is 3.52. The molecule has 0 spiro atoms. The fraction of sp³-hybridized carbons (Fsp3) is 0.778. The van der Waals surface area contributed by atoms with E-state index in [-0.39, 0.29) is 0 Å². The maximum Gasteiger partial charge on any atom is 0.202 e. The number of hydrogen-bond acceptors (Lipinski definition) is 5. The maximum atomic E-state index is 4.55. The Hall–Kier alpha value is -0.290. The zero-order valence-electron chi connectivity index (χ0n) is 7.90. The fourth-order valence-electron chi connectivity index (χ4n) is 1.61. The van der Waals surface area contributed by atoms with Crippen LogP contribution < -0.4 is 5.32 Å². The fourth-order valence-corrected chi connectivity index (χ4v) is 3.58. The van der Waals surface area contributed by atoms with E-state index < -0.39 is 0 Å². The Labute approximate surface area is 91.9 Å². The van der Waals surface area contributed by atoms with Crippen molar-refractivity contribution in [2.45, 2.75) is 37.0 Å². The van der Waals surface area contributed by atoms with Gasteiger partial charge in [-0.2, -0.15) is 16.1 Å². The van der Waals surface area contributed by atoms with Gasteiger partial charge >= 0.3 is 0 Å². The van der Waals surface area contributed by atoms with Gasteiger partial charge in [-0.25, -0.2) is 4.98 Å². The van der Waals surface area contributed by atoms with E-state index in [0.717, 1.165) is 11.0 Å². The van der Waals surface area contributed by atoms with Crippen LogP contribution >= 0.6 is 23.3 Å². The molecule has 1 unspecified atom stereocenters. The lowest BCUT2D eigenvalue weighted by Crippen LogP contribution is -2.00. The van der Waals surface area contributed by atoms with E-state index >= 15 is 0 Å². The molecule has 1 atom stereocenters. The Morgan fingerprint density at radius 2 is 2.21 bits per heavy atom. The quantitative estimate of drug-likeness (QED) is 0.861. The van der Waals surface area contributed by atoms with Crippen molar-refractivity contribution in [2.24, 2.45) is 0 Å². The van der Waals surface area contributed by atoms with Crippen LogP contribution in [0.5, 0.6) is 0 Å². The van der Waals surface area contributed by atoms with Gasteiger partial charge in [0.25, 0.3) is 0 Å². The Kier molecular flexibility index (Phi) is 2.37. The molecule has 1 aliphatic carbocycles. The van der Waals surface area contributed by atoms with Crippen molar-refractivity contribution in [3.63, 3.8) is 0 Å². The summed E-state index contributed by atoms with van der Waals surface area (Å²) in [6.07, 6.45) is 5.17. The number of nitrogens with one attached hydrogen (secondary N) is 1. The second-order valence-electron chi connectivity index (χ2n) is 3.88. The average molecular weight is 227 g/mol. The average Bonchev–Trinajstić information content (AvgIpc) is 2.71. The first kappa shape index (κ1) is 8.97.